The van der Waals surface area contributed by atoms with Crippen LogP contribution in [-0.2, 0) is 14.3 Å². The summed E-state index contributed by atoms with van der Waals surface area (Å²) in [6.45, 7) is 2.06. The number of amides is 2. The number of aliphatic carboxylic acids is 1. The molecule has 2 aromatic rings. The second-order valence-electron chi connectivity index (χ2n) is 8.93. The lowest BCUT2D eigenvalue weighted by Gasteiger charge is -2.29. The minimum absolute atomic E-state index is 0.0495. The van der Waals surface area contributed by atoms with Gasteiger partial charge in [0.2, 0.25) is 5.91 Å². The smallest absolute Gasteiger partial charge is 0.407 e. The second-order valence-corrected chi connectivity index (χ2v) is 8.93. The summed E-state index contributed by atoms with van der Waals surface area (Å²) in [6.07, 6.45) is 2.65. The van der Waals surface area contributed by atoms with Crippen LogP contribution >= 0.6 is 0 Å². The standard InChI is InChI=1S/C26H30N2O5/c1-16(24(29)27-14-17-8-2-3-9-18(17)25(30)31)28-26(32)33-15-23-21-12-6-4-10-19(21)20-11-5-7-13-22(20)23/h4-7,10-13,16-18,23H,2-3,8-9,14-15H2,1H3,(H,27,29)(H,28,32)(H,30,31)/t16?,17-,18-/m1/s1. The highest BCUT2D eigenvalue weighted by atomic mass is 16.5. The largest absolute Gasteiger partial charge is 0.481 e. The molecular weight excluding hydrogens is 420 g/mol. The predicted molar refractivity (Wildman–Crippen MR) is 124 cm³/mol. The van der Waals surface area contributed by atoms with Crippen LogP contribution in [0.4, 0.5) is 4.79 Å². The maximum atomic E-state index is 12.5. The van der Waals surface area contributed by atoms with Gasteiger partial charge in [0.05, 0.1) is 5.92 Å². The molecule has 0 bridgehead atoms. The molecule has 1 saturated carbocycles. The molecule has 1 unspecified atom stereocenters. The molecule has 0 heterocycles. The molecule has 0 radical (unpaired) electrons. The molecule has 1 fully saturated rings. The zero-order valence-corrected chi connectivity index (χ0v) is 18.8. The van der Waals surface area contributed by atoms with Gasteiger partial charge in [-0.25, -0.2) is 4.79 Å². The van der Waals surface area contributed by atoms with Crippen LogP contribution < -0.4 is 10.6 Å². The number of rotatable bonds is 7. The summed E-state index contributed by atoms with van der Waals surface area (Å²) in [6, 6.07) is 15.4. The van der Waals surface area contributed by atoms with Gasteiger partial charge >= 0.3 is 12.1 Å². The Bertz CT molecular complexity index is 991. The summed E-state index contributed by atoms with van der Waals surface area (Å²) in [5.74, 6) is -1.71. The van der Waals surface area contributed by atoms with Crippen molar-refractivity contribution in [2.45, 2.75) is 44.6 Å². The molecule has 174 valence electrons. The van der Waals surface area contributed by atoms with Crippen molar-refractivity contribution in [3.05, 3.63) is 59.7 Å². The Morgan fingerprint density at radius 2 is 1.61 bits per heavy atom. The number of carbonyl (C=O) groups excluding carboxylic acids is 2. The third-order valence-electron chi connectivity index (χ3n) is 6.84. The van der Waals surface area contributed by atoms with Gasteiger partial charge in [-0.1, -0.05) is 61.4 Å². The molecule has 2 aromatic carbocycles. The zero-order chi connectivity index (χ0) is 23.4. The van der Waals surface area contributed by atoms with Gasteiger partial charge in [-0.2, -0.15) is 0 Å². The van der Waals surface area contributed by atoms with E-state index in [0.29, 0.717) is 13.0 Å². The molecule has 0 aliphatic heterocycles. The highest BCUT2D eigenvalue weighted by Gasteiger charge is 2.32. The first-order valence-electron chi connectivity index (χ1n) is 11.6. The van der Waals surface area contributed by atoms with E-state index in [0.717, 1.165) is 41.5 Å². The van der Waals surface area contributed by atoms with Crippen LogP contribution in [0, 0.1) is 11.8 Å². The number of fused-ring (bicyclic) bond motifs is 3. The summed E-state index contributed by atoms with van der Waals surface area (Å²) >= 11 is 0. The minimum atomic E-state index is -0.807. The average molecular weight is 451 g/mol. The van der Waals surface area contributed by atoms with Crippen LogP contribution in [0.15, 0.2) is 48.5 Å². The van der Waals surface area contributed by atoms with E-state index in [9.17, 15) is 19.5 Å². The fourth-order valence-corrected chi connectivity index (χ4v) is 5.04. The fourth-order valence-electron chi connectivity index (χ4n) is 5.04. The van der Waals surface area contributed by atoms with Crippen molar-refractivity contribution in [2.24, 2.45) is 11.8 Å². The summed E-state index contributed by atoms with van der Waals surface area (Å²) in [4.78, 5) is 36.3. The summed E-state index contributed by atoms with van der Waals surface area (Å²) < 4.78 is 5.50. The van der Waals surface area contributed by atoms with Crippen LogP contribution in [0.2, 0.25) is 0 Å². The monoisotopic (exact) mass is 450 g/mol. The van der Waals surface area contributed by atoms with Crippen LogP contribution in [0.5, 0.6) is 0 Å². The summed E-state index contributed by atoms with van der Waals surface area (Å²) in [5.41, 5.74) is 4.55. The van der Waals surface area contributed by atoms with E-state index in [1.807, 2.05) is 36.4 Å². The maximum Gasteiger partial charge on any atom is 0.407 e. The normalized spacial score (nSPS) is 20.3. The quantitative estimate of drug-likeness (QED) is 0.593. The first-order chi connectivity index (χ1) is 16.0. The van der Waals surface area contributed by atoms with Gasteiger partial charge in [0.15, 0.2) is 0 Å². The Morgan fingerprint density at radius 1 is 1.00 bits per heavy atom. The third kappa shape index (κ3) is 5.02. The van der Waals surface area contributed by atoms with E-state index >= 15 is 0 Å². The van der Waals surface area contributed by atoms with Crippen LogP contribution in [0.3, 0.4) is 0 Å². The molecule has 2 aliphatic carbocycles. The molecule has 33 heavy (non-hydrogen) atoms. The van der Waals surface area contributed by atoms with E-state index in [-0.39, 0.29) is 24.3 Å². The molecule has 7 heteroatoms. The number of carboxylic acids is 1. The SMILES string of the molecule is CC(NC(=O)OCC1c2ccccc2-c2ccccc21)C(=O)NC[C@H]1CCCC[C@H]1C(=O)O. The zero-order valence-electron chi connectivity index (χ0n) is 18.8. The molecule has 0 spiro atoms. The highest BCUT2D eigenvalue weighted by molar-refractivity contribution is 5.85. The lowest BCUT2D eigenvalue weighted by Crippen LogP contribution is -2.47. The number of carboxylic acid groups (broad SMARTS) is 1. The Kier molecular flexibility index (Phi) is 6.96. The van der Waals surface area contributed by atoms with Gasteiger partial charge < -0.3 is 20.5 Å². The molecule has 3 atom stereocenters. The number of ether oxygens (including phenoxy) is 1. The van der Waals surface area contributed by atoms with Crippen molar-refractivity contribution in [3.8, 4) is 11.1 Å². The van der Waals surface area contributed by atoms with Gasteiger partial charge in [-0.05, 0) is 47.9 Å². The molecule has 7 nitrogen and oxygen atoms in total. The molecule has 0 aromatic heterocycles. The van der Waals surface area contributed by atoms with Crippen molar-refractivity contribution in [1.29, 1.82) is 0 Å². The number of alkyl carbamates (subject to hydrolysis) is 1. The Balaban J connectivity index is 1.28. The van der Waals surface area contributed by atoms with Crippen molar-refractivity contribution in [2.75, 3.05) is 13.2 Å². The molecule has 0 saturated heterocycles. The lowest BCUT2D eigenvalue weighted by molar-refractivity contribution is -0.145. The van der Waals surface area contributed by atoms with Gasteiger partial charge in [0, 0.05) is 12.5 Å². The predicted octanol–water partition coefficient (Wildman–Crippen LogP) is 3.92. The summed E-state index contributed by atoms with van der Waals surface area (Å²) in [7, 11) is 0. The molecule has 3 N–H and O–H groups in total. The number of benzene rings is 2. The van der Waals surface area contributed by atoms with E-state index < -0.39 is 24.0 Å². The highest BCUT2D eigenvalue weighted by Crippen LogP contribution is 2.44. The van der Waals surface area contributed by atoms with Crippen LogP contribution in [0.25, 0.3) is 11.1 Å². The Labute approximate surface area is 193 Å². The fraction of sp³-hybridized carbons (Fsp3) is 0.423. The Morgan fingerprint density at radius 3 is 2.24 bits per heavy atom. The maximum absolute atomic E-state index is 12.5. The number of hydrogen-bond donors (Lipinski definition) is 3. The van der Waals surface area contributed by atoms with Crippen molar-refractivity contribution >= 4 is 18.0 Å². The van der Waals surface area contributed by atoms with E-state index in [1.54, 1.807) is 6.92 Å². The van der Waals surface area contributed by atoms with E-state index in [2.05, 4.69) is 22.8 Å². The Hall–Kier alpha value is -3.35. The first kappa shape index (κ1) is 22.8. The van der Waals surface area contributed by atoms with Crippen molar-refractivity contribution in [3.63, 3.8) is 0 Å². The van der Waals surface area contributed by atoms with Crippen LogP contribution in [0.1, 0.15) is 49.7 Å². The van der Waals surface area contributed by atoms with Crippen LogP contribution in [-0.4, -0.2) is 42.3 Å². The topological polar surface area (TPSA) is 105 Å². The average Bonchev–Trinajstić information content (AvgIpc) is 3.15. The third-order valence-corrected chi connectivity index (χ3v) is 6.84. The van der Waals surface area contributed by atoms with Crippen molar-refractivity contribution < 1.29 is 24.2 Å². The van der Waals surface area contributed by atoms with Crippen molar-refractivity contribution in [1.82, 2.24) is 10.6 Å². The van der Waals surface area contributed by atoms with Gasteiger partial charge in [-0.15, -0.1) is 0 Å². The van der Waals surface area contributed by atoms with E-state index in [4.69, 9.17) is 4.74 Å². The number of nitrogens with one attached hydrogen (secondary N) is 2. The van der Waals surface area contributed by atoms with Gasteiger partial charge in [0.1, 0.15) is 12.6 Å². The summed E-state index contributed by atoms with van der Waals surface area (Å²) in [5, 5.41) is 14.8. The molecule has 4 rings (SSSR count). The van der Waals surface area contributed by atoms with Gasteiger partial charge in [0.25, 0.3) is 0 Å². The number of hydrogen-bond acceptors (Lipinski definition) is 4. The minimum Gasteiger partial charge on any atom is -0.481 e. The van der Waals surface area contributed by atoms with Gasteiger partial charge in [-0.3, -0.25) is 9.59 Å². The second kappa shape index (κ2) is 10.1. The lowest BCUT2D eigenvalue weighted by atomic mass is 9.79. The van der Waals surface area contributed by atoms with E-state index in [1.165, 1.54) is 0 Å². The number of carbonyl (C=O) groups is 3. The molecular formula is C26H30N2O5. The molecule has 2 aliphatic rings. The molecule has 2 amide bonds. The first-order valence-corrected chi connectivity index (χ1v) is 11.6.